The van der Waals surface area contributed by atoms with Gasteiger partial charge in [0.15, 0.2) is 0 Å². The summed E-state index contributed by atoms with van der Waals surface area (Å²) in [5.74, 6) is 0. The molecule has 0 aromatic heterocycles. The molecule has 1 aromatic rings. The van der Waals surface area contributed by atoms with Crippen LogP contribution >= 0.6 is 0 Å². The maximum absolute atomic E-state index is 5.58. The molecule has 23 heavy (non-hydrogen) atoms. The van der Waals surface area contributed by atoms with E-state index >= 15 is 0 Å². The highest BCUT2D eigenvalue weighted by molar-refractivity contribution is 5.63. The molecule has 0 radical (unpaired) electrons. The SMILES string of the molecule is C1=C(C2=C(N3CCOCC3)C(=Cc3ccccc3)CC2)CCC1. The number of nitrogens with zero attached hydrogens (tertiary/aromatic N) is 1. The van der Waals surface area contributed by atoms with E-state index in [9.17, 15) is 0 Å². The molecule has 2 aliphatic carbocycles. The van der Waals surface area contributed by atoms with Gasteiger partial charge in [-0.05, 0) is 60.5 Å². The zero-order chi connectivity index (χ0) is 15.5. The lowest BCUT2D eigenvalue weighted by Gasteiger charge is -2.32. The monoisotopic (exact) mass is 307 g/mol. The van der Waals surface area contributed by atoms with Crippen LogP contribution in [0, 0.1) is 0 Å². The number of ether oxygens (including phenoxy) is 1. The summed E-state index contributed by atoms with van der Waals surface area (Å²) in [6, 6.07) is 10.7. The fraction of sp³-hybridized carbons (Fsp3) is 0.429. The van der Waals surface area contributed by atoms with Gasteiger partial charge in [-0.1, -0.05) is 36.4 Å². The summed E-state index contributed by atoms with van der Waals surface area (Å²) in [7, 11) is 0. The first kappa shape index (κ1) is 14.8. The highest BCUT2D eigenvalue weighted by Crippen LogP contribution is 2.41. The van der Waals surface area contributed by atoms with Crippen molar-refractivity contribution in [2.75, 3.05) is 26.3 Å². The number of hydrogen-bond acceptors (Lipinski definition) is 2. The van der Waals surface area contributed by atoms with E-state index in [4.69, 9.17) is 4.74 Å². The van der Waals surface area contributed by atoms with Crippen molar-refractivity contribution >= 4 is 6.08 Å². The molecule has 2 nitrogen and oxygen atoms in total. The summed E-state index contributed by atoms with van der Waals surface area (Å²) in [5.41, 5.74) is 7.58. The molecular weight excluding hydrogens is 282 g/mol. The molecule has 1 heterocycles. The van der Waals surface area contributed by atoms with E-state index in [2.05, 4.69) is 47.4 Å². The van der Waals surface area contributed by atoms with Crippen LogP contribution in [0.2, 0.25) is 0 Å². The lowest BCUT2D eigenvalue weighted by Crippen LogP contribution is -2.36. The molecule has 120 valence electrons. The Morgan fingerprint density at radius 1 is 0.957 bits per heavy atom. The van der Waals surface area contributed by atoms with Gasteiger partial charge in [0.2, 0.25) is 0 Å². The van der Waals surface area contributed by atoms with Gasteiger partial charge in [0.1, 0.15) is 0 Å². The molecule has 1 fully saturated rings. The van der Waals surface area contributed by atoms with Gasteiger partial charge < -0.3 is 9.64 Å². The molecule has 0 bridgehead atoms. The van der Waals surface area contributed by atoms with Crippen molar-refractivity contribution in [2.45, 2.75) is 32.1 Å². The first-order valence-corrected chi connectivity index (χ1v) is 8.93. The quantitative estimate of drug-likeness (QED) is 0.811. The molecule has 0 spiro atoms. The first-order chi connectivity index (χ1) is 11.4. The fourth-order valence-corrected chi connectivity index (χ4v) is 4.02. The summed E-state index contributed by atoms with van der Waals surface area (Å²) in [6.07, 6.45) is 11.1. The second kappa shape index (κ2) is 6.76. The van der Waals surface area contributed by atoms with Crippen LogP contribution in [0.3, 0.4) is 0 Å². The van der Waals surface area contributed by atoms with Gasteiger partial charge in [-0.25, -0.2) is 0 Å². The highest BCUT2D eigenvalue weighted by atomic mass is 16.5. The third kappa shape index (κ3) is 3.13. The molecule has 0 amide bonds. The third-order valence-corrected chi connectivity index (χ3v) is 5.13. The number of benzene rings is 1. The molecule has 1 aliphatic heterocycles. The van der Waals surface area contributed by atoms with E-state index in [1.807, 2.05) is 0 Å². The summed E-state index contributed by atoms with van der Waals surface area (Å²) in [4.78, 5) is 2.57. The minimum atomic E-state index is 0.856. The van der Waals surface area contributed by atoms with Crippen LogP contribution in [0.5, 0.6) is 0 Å². The van der Waals surface area contributed by atoms with E-state index in [0.29, 0.717) is 0 Å². The minimum absolute atomic E-state index is 0.856. The van der Waals surface area contributed by atoms with Crippen LogP contribution in [0.25, 0.3) is 6.08 Å². The number of morpholine rings is 1. The first-order valence-electron chi connectivity index (χ1n) is 8.93. The van der Waals surface area contributed by atoms with Crippen LogP contribution in [0.4, 0.5) is 0 Å². The minimum Gasteiger partial charge on any atom is -0.378 e. The molecule has 4 rings (SSSR count). The van der Waals surface area contributed by atoms with Crippen LogP contribution in [0.15, 0.2) is 58.8 Å². The molecule has 3 aliphatic rings. The maximum Gasteiger partial charge on any atom is 0.0642 e. The van der Waals surface area contributed by atoms with Crippen molar-refractivity contribution in [1.29, 1.82) is 0 Å². The summed E-state index contributed by atoms with van der Waals surface area (Å²) in [6.45, 7) is 3.76. The van der Waals surface area contributed by atoms with Gasteiger partial charge in [-0.2, -0.15) is 0 Å². The molecule has 0 unspecified atom stereocenters. The van der Waals surface area contributed by atoms with E-state index in [1.165, 1.54) is 48.9 Å². The predicted octanol–water partition coefficient (Wildman–Crippen LogP) is 4.56. The molecule has 0 atom stereocenters. The van der Waals surface area contributed by atoms with Gasteiger partial charge in [-0.3, -0.25) is 0 Å². The van der Waals surface area contributed by atoms with Gasteiger partial charge in [0, 0.05) is 18.8 Å². The molecular formula is C21H25NO. The molecule has 2 heteroatoms. The van der Waals surface area contributed by atoms with Gasteiger partial charge in [0.25, 0.3) is 0 Å². The van der Waals surface area contributed by atoms with Crippen molar-refractivity contribution in [3.05, 3.63) is 64.4 Å². The average molecular weight is 307 g/mol. The zero-order valence-electron chi connectivity index (χ0n) is 13.8. The smallest absolute Gasteiger partial charge is 0.0642 e. The Morgan fingerprint density at radius 2 is 1.78 bits per heavy atom. The van der Waals surface area contributed by atoms with Crippen molar-refractivity contribution in [2.24, 2.45) is 0 Å². The second-order valence-electron chi connectivity index (χ2n) is 6.63. The van der Waals surface area contributed by atoms with Crippen molar-refractivity contribution in [1.82, 2.24) is 4.90 Å². The fourth-order valence-electron chi connectivity index (χ4n) is 4.02. The van der Waals surface area contributed by atoms with Crippen molar-refractivity contribution < 1.29 is 4.74 Å². The van der Waals surface area contributed by atoms with E-state index in [0.717, 1.165) is 26.3 Å². The summed E-state index contributed by atoms with van der Waals surface area (Å²) < 4.78 is 5.58. The number of rotatable bonds is 3. The van der Waals surface area contributed by atoms with Crippen LogP contribution < -0.4 is 0 Å². The Bertz CT molecular complexity index is 648. The summed E-state index contributed by atoms with van der Waals surface area (Å²) >= 11 is 0. The van der Waals surface area contributed by atoms with Crippen molar-refractivity contribution in [3.63, 3.8) is 0 Å². The molecule has 1 saturated heterocycles. The largest absolute Gasteiger partial charge is 0.378 e. The second-order valence-corrected chi connectivity index (χ2v) is 6.63. The predicted molar refractivity (Wildman–Crippen MR) is 95.0 cm³/mol. The molecule has 1 aromatic carbocycles. The normalized spacial score (nSPS) is 23.7. The lowest BCUT2D eigenvalue weighted by molar-refractivity contribution is 0.0547. The summed E-state index contributed by atoms with van der Waals surface area (Å²) in [5, 5.41) is 0. The Hall–Kier alpha value is -1.80. The number of hydrogen-bond donors (Lipinski definition) is 0. The Morgan fingerprint density at radius 3 is 2.52 bits per heavy atom. The van der Waals surface area contributed by atoms with E-state index in [-0.39, 0.29) is 0 Å². The van der Waals surface area contributed by atoms with Gasteiger partial charge in [-0.15, -0.1) is 0 Å². The third-order valence-electron chi connectivity index (χ3n) is 5.13. The zero-order valence-corrected chi connectivity index (χ0v) is 13.8. The van der Waals surface area contributed by atoms with E-state index in [1.54, 1.807) is 11.1 Å². The Balaban J connectivity index is 1.72. The van der Waals surface area contributed by atoms with Gasteiger partial charge >= 0.3 is 0 Å². The van der Waals surface area contributed by atoms with Crippen LogP contribution in [-0.2, 0) is 4.74 Å². The highest BCUT2D eigenvalue weighted by Gasteiger charge is 2.28. The molecule has 0 N–H and O–H groups in total. The average Bonchev–Trinajstić information content (AvgIpc) is 3.26. The maximum atomic E-state index is 5.58. The molecule has 0 saturated carbocycles. The van der Waals surface area contributed by atoms with Crippen LogP contribution in [-0.4, -0.2) is 31.2 Å². The van der Waals surface area contributed by atoms with Gasteiger partial charge in [0.05, 0.1) is 13.2 Å². The Kier molecular flexibility index (Phi) is 4.34. The topological polar surface area (TPSA) is 12.5 Å². The lowest BCUT2D eigenvalue weighted by atomic mass is 10.0. The van der Waals surface area contributed by atoms with Crippen LogP contribution in [0.1, 0.15) is 37.7 Å². The van der Waals surface area contributed by atoms with E-state index < -0.39 is 0 Å². The number of allylic oxidation sites excluding steroid dienone is 4. The van der Waals surface area contributed by atoms with Crippen molar-refractivity contribution in [3.8, 4) is 0 Å². The standard InChI is InChI=1S/C21H25NO/c1-2-6-17(7-3-1)16-19-10-11-20(18-8-4-5-9-18)21(19)22-12-14-23-15-13-22/h1-3,6-8,16H,4-5,9-15H2. The Labute approximate surface area is 139 Å².